The maximum atomic E-state index is 13.4. The van der Waals surface area contributed by atoms with E-state index in [9.17, 15) is 32.3 Å². The van der Waals surface area contributed by atoms with Crippen molar-refractivity contribution in [3.05, 3.63) is 101 Å². The van der Waals surface area contributed by atoms with Gasteiger partial charge >= 0.3 is 6.18 Å². The van der Waals surface area contributed by atoms with Crippen molar-refractivity contribution in [2.45, 2.75) is 18.6 Å². The van der Waals surface area contributed by atoms with E-state index in [1.54, 1.807) is 31.3 Å². The molecule has 1 saturated heterocycles. The van der Waals surface area contributed by atoms with Gasteiger partial charge in [0.15, 0.2) is 0 Å². The molecule has 0 spiro atoms. The van der Waals surface area contributed by atoms with Gasteiger partial charge in [0, 0.05) is 42.8 Å². The van der Waals surface area contributed by atoms with Crippen LogP contribution in [0.25, 0.3) is 0 Å². The van der Waals surface area contributed by atoms with E-state index in [-0.39, 0.29) is 37.5 Å². The summed E-state index contributed by atoms with van der Waals surface area (Å²) in [5, 5.41) is 3.25. The lowest BCUT2D eigenvalue weighted by atomic mass is 10.0. The Hall–Kier alpha value is -4.38. The molecule has 12 heteroatoms. The Kier molecular flexibility index (Phi) is 9.52. The van der Waals surface area contributed by atoms with Gasteiger partial charge in [0.25, 0.3) is 5.91 Å². The summed E-state index contributed by atoms with van der Waals surface area (Å²) >= 11 is 5.96. The first kappa shape index (κ1) is 30.6. The Morgan fingerprint density at radius 2 is 1.67 bits per heavy atom. The molecule has 1 heterocycles. The van der Waals surface area contributed by atoms with Gasteiger partial charge in [-0.3, -0.25) is 19.2 Å². The number of nitrogens with one attached hydrogen (secondary N) is 1. The first-order chi connectivity index (χ1) is 19.9. The second kappa shape index (κ2) is 13.1. The summed E-state index contributed by atoms with van der Waals surface area (Å²) in [7, 11) is 1.58. The number of likely N-dealkylation sites (N-methyl/N-ethyl adjacent to an activating group) is 1. The van der Waals surface area contributed by atoms with Crippen molar-refractivity contribution in [1.82, 2.24) is 15.1 Å². The van der Waals surface area contributed by atoms with Gasteiger partial charge in [-0.1, -0.05) is 48.0 Å². The van der Waals surface area contributed by atoms with E-state index in [4.69, 9.17) is 11.6 Å². The summed E-state index contributed by atoms with van der Waals surface area (Å²) in [6, 6.07) is 18.9. The first-order valence-corrected chi connectivity index (χ1v) is 13.4. The van der Waals surface area contributed by atoms with Crippen LogP contribution in [0.4, 0.5) is 18.9 Å². The van der Waals surface area contributed by atoms with Gasteiger partial charge in [-0.25, -0.2) is 0 Å². The molecule has 1 N–H and O–H groups in total. The van der Waals surface area contributed by atoms with Crippen LogP contribution in [0.2, 0.25) is 5.02 Å². The number of nitrogens with zero attached hydrogens (tertiary/aromatic N) is 3. The molecule has 8 nitrogen and oxygen atoms in total. The molecule has 0 saturated carbocycles. The second-order valence-corrected chi connectivity index (χ2v) is 10.2. The van der Waals surface area contributed by atoms with Gasteiger partial charge < -0.3 is 20.0 Å². The molecule has 4 rings (SSSR count). The van der Waals surface area contributed by atoms with Crippen LogP contribution < -0.4 is 10.2 Å². The van der Waals surface area contributed by atoms with Crippen LogP contribution in [0.15, 0.2) is 78.9 Å². The highest BCUT2D eigenvalue weighted by molar-refractivity contribution is 6.30. The molecule has 0 aliphatic carbocycles. The minimum atomic E-state index is -4.61. The fourth-order valence-electron chi connectivity index (χ4n) is 4.55. The van der Waals surface area contributed by atoms with E-state index in [0.29, 0.717) is 10.7 Å². The normalized spacial score (nSPS) is 14.4. The average Bonchev–Trinajstić information content (AvgIpc) is 2.97. The lowest BCUT2D eigenvalue weighted by Crippen LogP contribution is -2.56. The minimum absolute atomic E-state index is 0.00106. The standard InChI is InChI=1S/C30H28ClF3N4O4/c1-36(24-12-10-23(31)11-13-24)29(42)25(16-20-6-3-2-4-7-20)35-26(39)18-37-14-15-38(19-27(37)40)28(41)21-8-5-9-22(17-21)30(32,33)34/h2-13,17,25H,14-16,18-19H2,1H3,(H,35,39)/t25-/m0/s1. The number of piperazine rings is 1. The Balaban J connectivity index is 1.40. The Morgan fingerprint density at radius 3 is 2.31 bits per heavy atom. The molecule has 1 fully saturated rings. The number of rotatable bonds is 8. The number of carbonyl (C=O) groups excluding carboxylic acids is 4. The van der Waals surface area contributed by atoms with Gasteiger partial charge in [-0.05, 0) is 48.0 Å². The number of carbonyl (C=O) groups is 4. The van der Waals surface area contributed by atoms with Gasteiger partial charge in [-0.15, -0.1) is 0 Å². The number of halogens is 4. The van der Waals surface area contributed by atoms with Crippen LogP contribution in [0.1, 0.15) is 21.5 Å². The number of amides is 4. The maximum Gasteiger partial charge on any atom is 0.416 e. The lowest BCUT2D eigenvalue weighted by Gasteiger charge is -2.34. The summed E-state index contributed by atoms with van der Waals surface area (Å²) in [5.74, 6) is -2.20. The molecule has 0 aromatic heterocycles. The largest absolute Gasteiger partial charge is 0.416 e. The third-order valence-electron chi connectivity index (χ3n) is 6.84. The van der Waals surface area contributed by atoms with E-state index in [1.165, 1.54) is 15.9 Å². The van der Waals surface area contributed by atoms with Crippen molar-refractivity contribution in [3.8, 4) is 0 Å². The minimum Gasteiger partial charge on any atom is -0.342 e. The van der Waals surface area contributed by atoms with E-state index < -0.39 is 42.0 Å². The van der Waals surface area contributed by atoms with E-state index in [2.05, 4.69) is 5.32 Å². The number of hydrogen-bond acceptors (Lipinski definition) is 4. The summed E-state index contributed by atoms with van der Waals surface area (Å²) in [6.07, 6.45) is -4.40. The molecule has 1 atom stereocenters. The quantitative estimate of drug-likeness (QED) is 0.423. The van der Waals surface area contributed by atoms with Crippen LogP contribution in [0, 0.1) is 0 Å². The third kappa shape index (κ3) is 7.67. The monoisotopic (exact) mass is 600 g/mol. The smallest absolute Gasteiger partial charge is 0.342 e. The third-order valence-corrected chi connectivity index (χ3v) is 7.09. The van der Waals surface area contributed by atoms with Gasteiger partial charge in [0.1, 0.15) is 12.6 Å². The SMILES string of the molecule is CN(C(=O)[C@H](Cc1ccccc1)NC(=O)CN1CCN(C(=O)c2cccc(C(F)(F)F)c2)CC1=O)c1ccc(Cl)cc1. The van der Waals surface area contributed by atoms with Crippen molar-refractivity contribution >= 4 is 40.9 Å². The van der Waals surface area contributed by atoms with Crippen molar-refractivity contribution in [2.24, 2.45) is 0 Å². The van der Waals surface area contributed by atoms with Crippen LogP contribution >= 0.6 is 11.6 Å². The van der Waals surface area contributed by atoms with Crippen molar-refractivity contribution in [1.29, 1.82) is 0 Å². The highest BCUT2D eigenvalue weighted by Gasteiger charge is 2.33. The summed E-state index contributed by atoms with van der Waals surface area (Å²) in [4.78, 5) is 55.9. The molecule has 0 radical (unpaired) electrons. The topological polar surface area (TPSA) is 90.0 Å². The maximum absolute atomic E-state index is 13.4. The molecule has 220 valence electrons. The zero-order chi connectivity index (χ0) is 30.4. The van der Waals surface area contributed by atoms with Crippen LogP contribution in [-0.2, 0) is 27.0 Å². The summed E-state index contributed by atoms with van der Waals surface area (Å²) < 4.78 is 39.2. The van der Waals surface area contributed by atoms with Gasteiger partial charge in [0.05, 0.1) is 12.1 Å². The Morgan fingerprint density at radius 1 is 0.976 bits per heavy atom. The predicted molar refractivity (Wildman–Crippen MR) is 151 cm³/mol. The molecular weight excluding hydrogens is 573 g/mol. The number of benzene rings is 3. The zero-order valence-corrected chi connectivity index (χ0v) is 23.4. The zero-order valence-electron chi connectivity index (χ0n) is 22.6. The van der Waals surface area contributed by atoms with E-state index in [0.717, 1.165) is 28.7 Å². The number of anilines is 1. The second-order valence-electron chi connectivity index (χ2n) is 9.80. The average molecular weight is 601 g/mol. The number of alkyl halides is 3. The highest BCUT2D eigenvalue weighted by atomic mass is 35.5. The molecule has 42 heavy (non-hydrogen) atoms. The van der Waals surface area contributed by atoms with Gasteiger partial charge in [-0.2, -0.15) is 13.2 Å². The first-order valence-electron chi connectivity index (χ1n) is 13.0. The molecule has 3 aromatic rings. The molecule has 4 amide bonds. The molecular formula is C30H28ClF3N4O4. The fraction of sp³-hybridized carbons (Fsp3) is 0.267. The number of hydrogen-bond donors (Lipinski definition) is 1. The summed E-state index contributed by atoms with van der Waals surface area (Å²) in [5.41, 5.74) is 0.249. The van der Waals surface area contributed by atoms with Crippen LogP contribution in [0.5, 0.6) is 0 Å². The van der Waals surface area contributed by atoms with Crippen molar-refractivity contribution in [2.75, 3.05) is 38.1 Å². The van der Waals surface area contributed by atoms with Crippen molar-refractivity contribution < 1.29 is 32.3 Å². The predicted octanol–water partition coefficient (Wildman–Crippen LogP) is 4.03. The molecule has 1 aliphatic rings. The Bertz CT molecular complexity index is 1450. The van der Waals surface area contributed by atoms with Crippen molar-refractivity contribution in [3.63, 3.8) is 0 Å². The van der Waals surface area contributed by atoms with Crippen LogP contribution in [0.3, 0.4) is 0 Å². The Labute approximate surface area is 245 Å². The van der Waals surface area contributed by atoms with E-state index >= 15 is 0 Å². The van der Waals surface area contributed by atoms with Gasteiger partial charge in [0.2, 0.25) is 17.7 Å². The molecule has 3 aromatic carbocycles. The van der Waals surface area contributed by atoms with E-state index in [1.807, 2.05) is 30.3 Å². The summed E-state index contributed by atoms with van der Waals surface area (Å²) in [6.45, 7) is -0.722. The molecule has 0 bridgehead atoms. The highest BCUT2D eigenvalue weighted by Crippen LogP contribution is 2.30. The molecule has 1 aliphatic heterocycles. The molecule has 0 unspecified atom stereocenters. The van der Waals surface area contributed by atoms with Crippen LogP contribution in [-0.4, -0.2) is 72.7 Å². The lowest BCUT2D eigenvalue weighted by molar-refractivity contribution is -0.139. The fourth-order valence-corrected chi connectivity index (χ4v) is 4.68.